The zero-order valence-electron chi connectivity index (χ0n) is 14.6. The quantitative estimate of drug-likeness (QED) is 0.306. The van der Waals surface area contributed by atoms with Gasteiger partial charge in [-0.2, -0.15) is 0 Å². The predicted octanol–water partition coefficient (Wildman–Crippen LogP) is 6.82. The smallest absolute Gasteiger partial charge is 0.0431 e. The van der Waals surface area contributed by atoms with Gasteiger partial charge < -0.3 is 11.3 Å². The molecular weight excluding hydrogens is 282 g/mol. The number of aliphatic hydroxyl groups excluding tert-OH is 1. The Morgan fingerprint density at radius 1 is 0.476 bits per heavy atom. The van der Waals surface area contributed by atoms with E-state index in [9.17, 15) is 0 Å². The van der Waals surface area contributed by atoms with E-state index < -0.39 is 0 Å². The van der Waals surface area contributed by atoms with E-state index >= 15 is 0 Å². The molecule has 0 heterocycles. The van der Waals surface area contributed by atoms with E-state index in [4.69, 9.17) is 5.11 Å². The molecule has 0 aromatic rings. The van der Waals surface area contributed by atoms with Crippen LogP contribution in [-0.4, -0.2) is 11.7 Å². The summed E-state index contributed by atoms with van der Waals surface area (Å²) in [7, 11) is 0. The third-order valence-corrected chi connectivity index (χ3v) is 4.01. The fraction of sp³-hybridized carbons (Fsp3) is 1.00. The van der Waals surface area contributed by atoms with Crippen LogP contribution >= 0.6 is 12.4 Å². The Hall–Kier alpha value is 0.210. The van der Waals surface area contributed by atoms with E-state index in [2.05, 4.69) is 6.92 Å². The second kappa shape index (κ2) is 25.2. The molecule has 0 aliphatic carbocycles. The SMILES string of the molecule is CCCCCCCCCCCCCCCCCCO.Cl.N. The van der Waals surface area contributed by atoms with E-state index in [-0.39, 0.29) is 18.6 Å². The third kappa shape index (κ3) is 25.5. The zero-order valence-corrected chi connectivity index (χ0v) is 15.4. The summed E-state index contributed by atoms with van der Waals surface area (Å²) in [6.07, 6.45) is 22.2. The number of hydrogen-bond donors (Lipinski definition) is 2. The molecule has 21 heavy (non-hydrogen) atoms. The molecule has 2 nitrogen and oxygen atoms in total. The molecule has 0 saturated heterocycles. The van der Waals surface area contributed by atoms with Crippen LogP contribution in [0.15, 0.2) is 0 Å². The molecule has 132 valence electrons. The first-order valence-electron chi connectivity index (χ1n) is 9.02. The molecule has 3 heteroatoms. The van der Waals surface area contributed by atoms with Gasteiger partial charge in [-0.25, -0.2) is 0 Å². The lowest BCUT2D eigenvalue weighted by molar-refractivity contribution is 0.282. The standard InChI is InChI=1S/C18H38O.ClH.H3N/c1-2-3-4-5-6-7-8-9-10-11-12-13-14-15-16-17-18-19;;/h19H,2-18H2,1H3;1H;1H3. The van der Waals surface area contributed by atoms with Crippen molar-refractivity contribution in [1.82, 2.24) is 6.15 Å². The van der Waals surface area contributed by atoms with Gasteiger partial charge >= 0.3 is 0 Å². The van der Waals surface area contributed by atoms with Crippen molar-refractivity contribution in [1.29, 1.82) is 0 Å². The van der Waals surface area contributed by atoms with Crippen molar-refractivity contribution in [2.45, 2.75) is 110 Å². The fourth-order valence-electron chi connectivity index (χ4n) is 2.66. The number of hydrogen-bond acceptors (Lipinski definition) is 2. The number of halogens is 1. The van der Waals surface area contributed by atoms with Crippen LogP contribution in [0.5, 0.6) is 0 Å². The lowest BCUT2D eigenvalue weighted by Gasteiger charge is -2.03. The van der Waals surface area contributed by atoms with Crippen molar-refractivity contribution in [3.8, 4) is 0 Å². The summed E-state index contributed by atoms with van der Waals surface area (Å²) in [5, 5.41) is 8.67. The molecular formula is C18H42ClNO. The molecule has 0 aromatic heterocycles. The second-order valence-electron chi connectivity index (χ2n) is 6.03. The van der Waals surface area contributed by atoms with Gasteiger partial charge in [0.15, 0.2) is 0 Å². The van der Waals surface area contributed by atoms with Gasteiger partial charge in [0.2, 0.25) is 0 Å². The van der Waals surface area contributed by atoms with Gasteiger partial charge in [-0.3, -0.25) is 0 Å². The van der Waals surface area contributed by atoms with Crippen molar-refractivity contribution in [3.63, 3.8) is 0 Å². The number of aliphatic hydroxyl groups is 1. The Labute approximate surface area is 140 Å². The van der Waals surface area contributed by atoms with Gasteiger partial charge in [0.25, 0.3) is 0 Å². The van der Waals surface area contributed by atoms with Crippen molar-refractivity contribution < 1.29 is 5.11 Å². The van der Waals surface area contributed by atoms with Gasteiger partial charge in [-0.05, 0) is 6.42 Å². The van der Waals surface area contributed by atoms with E-state index in [1.807, 2.05) is 0 Å². The van der Waals surface area contributed by atoms with Gasteiger partial charge in [0.1, 0.15) is 0 Å². The van der Waals surface area contributed by atoms with Gasteiger partial charge in [-0.1, -0.05) is 103 Å². The number of rotatable bonds is 16. The van der Waals surface area contributed by atoms with Crippen molar-refractivity contribution in [2.24, 2.45) is 0 Å². The van der Waals surface area contributed by atoms with E-state index in [0.717, 1.165) is 6.42 Å². The summed E-state index contributed by atoms with van der Waals surface area (Å²) in [6.45, 7) is 2.66. The van der Waals surface area contributed by atoms with Crippen molar-refractivity contribution in [2.75, 3.05) is 6.61 Å². The first-order chi connectivity index (χ1) is 9.41. The van der Waals surface area contributed by atoms with E-state index in [0.29, 0.717) is 6.61 Å². The molecule has 0 atom stereocenters. The van der Waals surface area contributed by atoms with Crippen LogP contribution in [0.1, 0.15) is 110 Å². The zero-order chi connectivity index (χ0) is 14.0. The Kier molecular flexibility index (Phi) is 31.3. The molecule has 0 radical (unpaired) electrons. The highest BCUT2D eigenvalue weighted by Gasteiger charge is 1.94. The lowest BCUT2D eigenvalue weighted by Crippen LogP contribution is -1.85. The maximum absolute atomic E-state index is 8.67. The minimum atomic E-state index is 0. The summed E-state index contributed by atoms with van der Waals surface area (Å²) >= 11 is 0. The summed E-state index contributed by atoms with van der Waals surface area (Å²) in [4.78, 5) is 0. The Morgan fingerprint density at radius 3 is 0.952 bits per heavy atom. The highest BCUT2D eigenvalue weighted by molar-refractivity contribution is 5.85. The predicted molar refractivity (Wildman–Crippen MR) is 98.9 cm³/mol. The van der Waals surface area contributed by atoms with Gasteiger partial charge in [0.05, 0.1) is 0 Å². The normalized spacial score (nSPS) is 10.0. The Balaban J connectivity index is -0.00000162. The van der Waals surface area contributed by atoms with Crippen LogP contribution in [0.2, 0.25) is 0 Å². The van der Waals surface area contributed by atoms with E-state index in [1.165, 1.54) is 96.3 Å². The van der Waals surface area contributed by atoms with Crippen LogP contribution in [-0.2, 0) is 0 Å². The minimum Gasteiger partial charge on any atom is -0.396 e. The highest BCUT2D eigenvalue weighted by Crippen LogP contribution is 2.13. The van der Waals surface area contributed by atoms with Crippen LogP contribution in [0, 0.1) is 0 Å². The van der Waals surface area contributed by atoms with Crippen molar-refractivity contribution >= 4 is 12.4 Å². The largest absolute Gasteiger partial charge is 0.396 e. The first-order valence-corrected chi connectivity index (χ1v) is 9.02. The summed E-state index contributed by atoms with van der Waals surface area (Å²) in [5.74, 6) is 0. The molecule has 0 amide bonds. The van der Waals surface area contributed by atoms with Crippen molar-refractivity contribution in [3.05, 3.63) is 0 Å². The third-order valence-electron chi connectivity index (χ3n) is 4.01. The summed E-state index contributed by atoms with van der Waals surface area (Å²) in [5.41, 5.74) is 0. The monoisotopic (exact) mass is 323 g/mol. The second-order valence-corrected chi connectivity index (χ2v) is 6.03. The molecule has 0 aliphatic heterocycles. The molecule has 0 fully saturated rings. The minimum absolute atomic E-state index is 0. The molecule has 0 spiro atoms. The van der Waals surface area contributed by atoms with Gasteiger partial charge in [0, 0.05) is 6.61 Å². The number of unbranched alkanes of at least 4 members (excludes halogenated alkanes) is 15. The van der Waals surface area contributed by atoms with Gasteiger partial charge in [-0.15, -0.1) is 12.4 Å². The molecule has 0 aromatic carbocycles. The summed E-state index contributed by atoms with van der Waals surface area (Å²) in [6, 6.07) is 0. The molecule has 0 unspecified atom stereocenters. The average molecular weight is 324 g/mol. The van der Waals surface area contributed by atoms with Crippen LogP contribution < -0.4 is 6.15 Å². The first kappa shape index (κ1) is 26.1. The average Bonchev–Trinajstić information content (AvgIpc) is 2.43. The molecule has 0 rings (SSSR count). The Bertz CT molecular complexity index is 140. The summed E-state index contributed by atoms with van der Waals surface area (Å²) < 4.78 is 0. The molecule has 0 aliphatic rings. The molecule has 0 saturated carbocycles. The maximum Gasteiger partial charge on any atom is 0.0431 e. The lowest BCUT2D eigenvalue weighted by atomic mass is 10.0. The maximum atomic E-state index is 8.67. The van der Waals surface area contributed by atoms with Crippen LogP contribution in [0.3, 0.4) is 0 Å². The topological polar surface area (TPSA) is 55.2 Å². The fourth-order valence-corrected chi connectivity index (χ4v) is 2.66. The molecule has 4 N–H and O–H groups in total. The van der Waals surface area contributed by atoms with Crippen LogP contribution in [0.25, 0.3) is 0 Å². The van der Waals surface area contributed by atoms with Crippen LogP contribution in [0.4, 0.5) is 0 Å². The highest BCUT2D eigenvalue weighted by atomic mass is 35.5. The Morgan fingerprint density at radius 2 is 0.714 bits per heavy atom. The molecule has 0 bridgehead atoms. The van der Waals surface area contributed by atoms with E-state index in [1.54, 1.807) is 0 Å².